The van der Waals surface area contributed by atoms with Gasteiger partial charge in [0.2, 0.25) is 0 Å². The fourth-order valence-corrected chi connectivity index (χ4v) is 3.25. The summed E-state index contributed by atoms with van der Waals surface area (Å²) >= 11 is 0. The molecular formula is C22H30N4O. The highest BCUT2D eigenvalue weighted by atomic mass is 16.1. The summed E-state index contributed by atoms with van der Waals surface area (Å²) in [6, 6.07) is 11.8. The van der Waals surface area contributed by atoms with Crippen LogP contribution in [-0.4, -0.2) is 30.5 Å². The van der Waals surface area contributed by atoms with Crippen LogP contribution in [0.5, 0.6) is 0 Å². The lowest BCUT2D eigenvalue weighted by atomic mass is 9.99. The average Bonchev–Trinajstić information content (AvgIpc) is 2.70. The minimum absolute atomic E-state index is 0.137. The number of benzene rings is 1. The maximum absolute atomic E-state index is 12.4. The molecule has 5 nitrogen and oxygen atoms in total. The van der Waals surface area contributed by atoms with Crippen molar-refractivity contribution < 1.29 is 4.79 Å². The van der Waals surface area contributed by atoms with Crippen molar-refractivity contribution in [2.45, 2.75) is 39.5 Å². The first-order valence-corrected chi connectivity index (χ1v) is 10.0. The zero-order chi connectivity index (χ0) is 19.1. The topological polar surface area (TPSA) is 57.3 Å². The van der Waals surface area contributed by atoms with Crippen LogP contribution in [0.15, 0.2) is 42.6 Å². The molecule has 5 heteroatoms. The van der Waals surface area contributed by atoms with Gasteiger partial charge in [0, 0.05) is 37.2 Å². The molecule has 0 saturated carbocycles. The molecule has 1 aliphatic rings. The molecule has 1 aromatic heterocycles. The average molecular weight is 367 g/mol. The van der Waals surface area contributed by atoms with Crippen LogP contribution >= 0.6 is 0 Å². The van der Waals surface area contributed by atoms with E-state index in [2.05, 4.69) is 46.5 Å². The van der Waals surface area contributed by atoms with E-state index in [-0.39, 0.29) is 5.91 Å². The molecule has 1 aliphatic heterocycles. The Morgan fingerprint density at radius 1 is 1.15 bits per heavy atom. The standard InChI is InChI=1S/C22H30N4O/c1-3-4-13-23-21-10-5-18(16-24-21)22(27)25-19-6-8-20(9-7-19)26-14-11-17(2)12-15-26/h5-10,16-17H,3-4,11-15H2,1-2H3,(H,23,24)(H,25,27). The van der Waals surface area contributed by atoms with E-state index < -0.39 is 0 Å². The third-order valence-corrected chi connectivity index (χ3v) is 5.14. The number of rotatable bonds is 7. The van der Waals surface area contributed by atoms with Crippen LogP contribution in [-0.2, 0) is 0 Å². The number of hydrogen-bond donors (Lipinski definition) is 2. The fourth-order valence-electron chi connectivity index (χ4n) is 3.25. The third-order valence-electron chi connectivity index (χ3n) is 5.14. The second-order valence-corrected chi connectivity index (χ2v) is 7.38. The van der Waals surface area contributed by atoms with Crippen LogP contribution in [0.3, 0.4) is 0 Å². The zero-order valence-electron chi connectivity index (χ0n) is 16.4. The molecule has 2 N–H and O–H groups in total. The summed E-state index contributed by atoms with van der Waals surface area (Å²) in [5.74, 6) is 1.49. The molecule has 2 heterocycles. The predicted molar refractivity (Wildman–Crippen MR) is 113 cm³/mol. The van der Waals surface area contributed by atoms with Gasteiger partial charge in [0.15, 0.2) is 0 Å². The van der Waals surface area contributed by atoms with E-state index in [0.717, 1.165) is 49.9 Å². The SMILES string of the molecule is CCCCNc1ccc(C(=O)Nc2ccc(N3CCC(C)CC3)cc2)cn1. The molecule has 0 spiro atoms. The lowest BCUT2D eigenvalue weighted by Gasteiger charge is -2.32. The zero-order valence-corrected chi connectivity index (χ0v) is 16.4. The van der Waals surface area contributed by atoms with Gasteiger partial charge in [0.1, 0.15) is 5.82 Å². The maximum atomic E-state index is 12.4. The molecule has 0 bridgehead atoms. The molecule has 2 aromatic rings. The van der Waals surface area contributed by atoms with E-state index in [1.54, 1.807) is 12.3 Å². The Kier molecular flexibility index (Phi) is 6.69. The summed E-state index contributed by atoms with van der Waals surface area (Å²) < 4.78 is 0. The third kappa shape index (κ3) is 5.46. The molecule has 0 radical (unpaired) electrons. The summed E-state index contributed by atoms with van der Waals surface area (Å²) in [7, 11) is 0. The number of hydrogen-bond acceptors (Lipinski definition) is 4. The molecule has 3 rings (SSSR count). The number of anilines is 3. The number of aromatic nitrogens is 1. The molecule has 1 amide bonds. The minimum Gasteiger partial charge on any atom is -0.372 e. The van der Waals surface area contributed by atoms with Gasteiger partial charge in [0.05, 0.1) is 5.56 Å². The van der Waals surface area contributed by atoms with Crippen molar-refractivity contribution in [3.05, 3.63) is 48.2 Å². The Hall–Kier alpha value is -2.56. The normalized spacial score (nSPS) is 14.8. The van der Waals surface area contributed by atoms with Crippen molar-refractivity contribution in [1.82, 2.24) is 4.98 Å². The van der Waals surface area contributed by atoms with Crippen LogP contribution in [0.1, 0.15) is 49.9 Å². The Balaban J connectivity index is 1.54. The summed E-state index contributed by atoms with van der Waals surface area (Å²) in [5, 5.41) is 6.20. The van der Waals surface area contributed by atoms with Crippen LogP contribution in [0.25, 0.3) is 0 Å². The smallest absolute Gasteiger partial charge is 0.257 e. The molecule has 1 fully saturated rings. The highest BCUT2D eigenvalue weighted by molar-refractivity contribution is 6.04. The van der Waals surface area contributed by atoms with Gasteiger partial charge in [-0.2, -0.15) is 0 Å². The van der Waals surface area contributed by atoms with E-state index in [1.165, 1.54) is 18.5 Å². The van der Waals surface area contributed by atoms with Gasteiger partial charge in [-0.05, 0) is 61.6 Å². The van der Waals surface area contributed by atoms with Gasteiger partial charge in [-0.3, -0.25) is 4.79 Å². The first-order valence-electron chi connectivity index (χ1n) is 10.0. The maximum Gasteiger partial charge on any atom is 0.257 e. The van der Waals surface area contributed by atoms with Crippen molar-refractivity contribution >= 4 is 23.1 Å². The van der Waals surface area contributed by atoms with E-state index in [9.17, 15) is 4.79 Å². The van der Waals surface area contributed by atoms with E-state index in [4.69, 9.17) is 0 Å². The second-order valence-electron chi connectivity index (χ2n) is 7.38. The number of pyridine rings is 1. The minimum atomic E-state index is -0.137. The lowest BCUT2D eigenvalue weighted by molar-refractivity contribution is 0.102. The number of nitrogens with one attached hydrogen (secondary N) is 2. The van der Waals surface area contributed by atoms with E-state index in [0.29, 0.717) is 5.56 Å². The molecule has 27 heavy (non-hydrogen) atoms. The number of amides is 1. The highest BCUT2D eigenvalue weighted by Crippen LogP contribution is 2.24. The summed E-state index contributed by atoms with van der Waals surface area (Å²) in [4.78, 5) is 19.2. The Labute approximate surface area is 162 Å². The van der Waals surface area contributed by atoms with E-state index in [1.807, 2.05) is 18.2 Å². The number of carbonyl (C=O) groups excluding carboxylic acids is 1. The molecule has 1 saturated heterocycles. The van der Waals surface area contributed by atoms with Gasteiger partial charge >= 0.3 is 0 Å². The molecular weight excluding hydrogens is 336 g/mol. The molecule has 0 aliphatic carbocycles. The van der Waals surface area contributed by atoms with Crippen molar-refractivity contribution in [1.29, 1.82) is 0 Å². The van der Waals surface area contributed by atoms with Crippen molar-refractivity contribution in [3.63, 3.8) is 0 Å². The Morgan fingerprint density at radius 3 is 2.52 bits per heavy atom. The molecule has 0 unspecified atom stereocenters. The van der Waals surface area contributed by atoms with Crippen LogP contribution in [0.4, 0.5) is 17.2 Å². The lowest BCUT2D eigenvalue weighted by Crippen LogP contribution is -2.32. The van der Waals surface area contributed by atoms with Crippen LogP contribution in [0.2, 0.25) is 0 Å². The summed E-state index contributed by atoms with van der Waals surface area (Å²) in [6.07, 6.45) is 6.36. The van der Waals surface area contributed by atoms with Crippen LogP contribution in [0, 0.1) is 5.92 Å². The van der Waals surface area contributed by atoms with Gasteiger partial charge in [0.25, 0.3) is 5.91 Å². The summed E-state index contributed by atoms with van der Waals surface area (Å²) in [5.41, 5.74) is 2.59. The predicted octanol–water partition coefficient (Wildman–Crippen LogP) is 4.78. The Morgan fingerprint density at radius 2 is 1.89 bits per heavy atom. The first kappa shape index (κ1) is 19.2. The van der Waals surface area contributed by atoms with Gasteiger partial charge in [-0.1, -0.05) is 20.3 Å². The quantitative estimate of drug-likeness (QED) is 0.692. The highest BCUT2D eigenvalue weighted by Gasteiger charge is 2.16. The number of piperidine rings is 1. The largest absolute Gasteiger partial charge is 0.372 e. The monoisotopic (exact) mass is 366 g/mol. The van der Waals surface area contributed by atoms with E-state index >= 15 is 0 Å². The fraction of sp³-hybridized carbons (Fsp3) is 0.455. The van der Waals surface area contributed by atoms with Crippen molar-refractivity contribution in [2.24, 2.45) is 5.92 Å². The number of unbranched alkanes of at least 4 members (excludes halogenated alkanes) is 1. The second kappa shape index (κ2) is 9.40. The molecule has 144 valence electrons. The van der Waals surface area contributed by atoms with Gasteiger partial charge in [-0.25, -0.2) is 4.98 Å². The molecule has 1 aromatic carbocycles. The summed E-state index contributed by atoms with van der Waals surface area (Å²) in [6.45, 7) is 7.59. The van der Waals surface area contributed by atoms with Gasteiger partial charge < -0.3 is 15.5 Å². The van der Waals surface area contributed by atoms with Crippen molar-refractivity contribution in [2.75, 3.05) is 35.2 Å². The number of carbonyl (C=O) groups is 1. The number of nitrogens with zero attached hydrogens (tertiary/aromatic N) is 2. The van der Waals surface area contributed by atoms with Gasteiger partial charge in [-0.15, -0.1) is 0 Å². The molecule has 0 atom stereocenters. The first-order chi connectivity index (χ1) is 13.2. The van der Waals surface area contributed by atoms with Crippen LogP contribution < -0.4 is 15.5 Å². The van der Waals surface area contributed by atoms with Crippen molar-refractivity contribution in [3.8, 4) is 0 Å². The Bertz CT molecular complexity index is 719.